The average Bonchev–Trinajstić information content (AvgIpc) is 2.46. The van der Waals surface area contributed by atoms with E-state index in [1.165, 1.54) is 0 Å². The Kier molecular flexibility index (Phi) is 2.18. The first kappa shape index (κ1) is 11.2. The minimum absolute atomic E-state index is 0.259. The Morgan fingerprint density at radius 3 is 2.70 bits per heavy atom. The van der Waals surface area contributed by atoms with Crippen molar-refractivity contribution in [2.45, 2.75) is 6.42 Å². The molecular weight excluding hydrogens is 248 g/mol. The number of aliphatic imine (C=N–C) groups is 1. The van der Waals surface area contributed by atoms with Gasteiger partial charge in [-0.05, 0) is 35.4 Å². The fraction of sp³-hybridized carbons (Fsp3) is 0.0588. The standard InChI is InChI=1S/C17H12N2O/c18-15-9-11-7-10-8-12(20)5-6-16(10)19-17(11)14-4-2-1-3-13(14)15/h1-6,8-9,18,20H,7H2. The number of hydrogen-bond donors (Lipinski definition) is 2. The normalized spacial score (nSPS) is 15.7. The molecule has 0 bridgehead atoms. The van der Waals surface area contributed by atoms with Crippen LogP contribution in [0.5, 0.6) is 5.75 Å². The maximum atomic E-state index is 9.58. The van der Waals surface area contributed by atoms with Crippen LogP contribution in [0, 0.1) is 5.41 Å². The highest BCUT2D eigenvalue weighted by molar-refractivity contribution is 6.28. The number of phenols is 1. The van der Waals surface area contributed by atoms with Crippen molar-refractivity contribution in [3.05, 3.63) is 70.8 Å². The van der Waals surface area contributed by atoms with Crippen molar-refractivity contribution in [1.82, 2.24) is 0 Å². The molecule has 20 heavy (non-hydrogen) atoms. The second-order valence-corrected chi connectivity index (χ2v) is 5.08. The summed E-state index contributed by atoms with van der Waals surface area (Å²) in [6.07, 6.45) is 2.59. The lowest BCUT2D eigenvalue weighted by Gasteiger charge is -2.24. The van der Waals surface area contributed by atoms with Gasteiger partial charge in [0.25, 0.3) is 0 Å². The van der Waals surface area contributed by atoms with Crippen LogP contribution in [0.4, 0.5) is 5.69 Å². The fourth-order valence-corrected chi connectivity index (χ4v) is 2.83. The average molecular weight is 260 g/mol. The van der Waals surface area contributed by atoms with E-state index in [1.807, 2.05) is 36.4 Å². The molecule has 0 aromatic heterocycles. The Morgan fingerprint density at radius 2 is 1.85 bits per heavy atom. The number of nitrogens with zero attached hydrogens (tertiary/aromatic N) is 1. The molecule has 96 valence electrons. The molecule has 0 amide bonds. The van der Waals surface area contributed by atoms with Gasteiger partial charge < -0.3 is 10.5 Å². The molecule has 1 aliphatic heterocycles. The van der Waals surface area contributed by atoms with E-state index >= 15 is 0 Å². The summed E-state index contributed by atoms with van der Waals surface area (Å²) in [5.74, 6) is 0.259. The van der Waals surface area contributed by atoms with Gasteiger partial charge in [-0.1, -0.05) is 24.3 Å². The second-order valence-electron chi connectivity index (χ2n) is 5.08. The third-order valence-electron chi connectivity index (χ3n) is 3.77. The van der Waals surface area contributed by atoms with Gasteiger partial charge in [-0.2, -0.15) is 0 Å². The number of nitrogens with one attached hydrogen (secondary N) is 1. The van der Waals surface area contributed by atoms with Gasteiger partial charge in [-0.25, -0.2) is 4.99 Å². The van der Waals surface area contributed by atoms with Gasteiger partial charge in [0.1, 0.15) is 5.75 Å². The van der Waals surface area contributed by atoms with Crippen LogP contribution in [-0.2, 0) is 6.42 Å². The highest BCUT2D eigenvalue weighted by Gasteiger charge is 2.25. The Bertz CT molecular complexity index is 815. The third-order valence-corrected chi connectivity index (χ3v) is 3.77. The molecule has 0 unspecified atom stereocenters. The van der Waals surface area contributed by atoms with Crippen molar-refractivity contribution in [2.75, 3.05) is 0 Å². The van der Waals surface area contributed by atoms with Gasteiger partial charge >= 0.3 is 0 Å². The molecule has 2 aliphatic rings. The summed E-state index contributed by atoms with van der Waals surface area (Å²) in [4.78, 5) is 4.72. The van der Waals surface area contributed by atoms with E-state index in [1.54, 1.807) is 12.1 Å². The molecule has 3 heteroatoms. The topological polar surface area (TPSA) is 56.4 Å². The largest absolute Gasteiger partial charge is 0.508 e. The summed E-state index contributed by atoms with van der Waals surface area (Å²) in [7, 11) is 0. The SMILES string of the molecule is N=C1C=C2Cc3cc(O)ccc3N=C2c2ccccc21. The minimum Gasteiger partial charge on any atom is -0.508 e. The fourth-order valence-electron chi connectivity index (χ4n) is 2.83. The molecule has 2 aromatic rings. The molecule has 0 saturated carbocycles. The van der Waals surface area contributed by atoms with Crippen molar-refractivity contribution in [2.24, 2.45) is 4.99 Å². The van der Waals surface area contributed by atoms with E-state index in [4.69, 9.17) is 10.4 Å². The molecule has 2 N–H and O–H groups in total. The predicted molar refractivity (Wildman–Crippen MR) is 79.4 cm³/mol. The first-order valence-electron chi connectivity index (χ1n) is 6.52. The Labute approximate surface area is 116 Å². The minimum atomic E-state index is 0.259. The van der Waals surface area contributed by atoms with Gasteiger partial charge in [0, 0.05) is 17.5 Å². The van der Waals surface area contributed by atoms with Crippen molar-refractivity contribution in [3.63, 3.8) is 0 Å². The zero-order valence-electron chi connectivity index (χ0n) is 10.7. The number of rotatable bonds is 0. The zero-order chi connectivity index (χ0) is 13.7. The van der Waals surface area contributed by atoms with Gasteiger partial charge in [-0.15, -0.1) is 0 Å². The van der Waals surface area contributed by atoms with Crippen molar-refractivity contribution >= 4 is 17.1 Å². The van der Waals surface area contributed by atoms with Gasteiger partial charge in [0.15, 0.2) is 0 Å². The zero-order valence-corrected chi connectivity index (χ0v) is 10.7. The van der Waals surface area contributed by atoms with Crippen LogP contribution < -0.4 is 0 Å². The van der Waals surface area contributed by atoms with Crippen molar-refractivity contribution in [3.8, 4) is 5.75 Å². The van der Waals surface area contributed by atoms with Crippen molar-refractivity contribution < 1.29 is 5.11 Å². The van der Waals surface area contributed by atoms with Crippen LogP contribution in [0.2, 0.25) is 0 Å². The molecule has 0 fully saturated rings. The predicted octanol–water partition coefficient (Wildman–Crippen LogP) is 3.38. The highest BCUT2D eigenvalue weighted by Crippen LogP contribution is 2.35. The Balaban J connectivity index is 1.98. The van der Waals surface area contributed by atoms with Crippen LogP contribution in [0.1, 0.15) is 16.7 Å². The van der Waals surface area contributed by atoms with Crippen LogP contribution in [0.25, 0.3) is 0 Å². The summed E-state index contributed by atoms with van der Waals surface area (Å²) in [5.41, 5.74) is 6.39. The molecule has 1 aliphatic carbocycles. The lowest BCUT2D eigenvalue weighted by atomic mass is 9.83. The maximum Gasteiger partial charge on any atom is 0.116 e. The quantitative estimate of drug-likeness (QED) is 0.749. The van der Waals surface area contributed by atoms with E-state index in [0.717, 1.165) is 33.7 Å². The van der Waals surface area contributed by atoms with E-state index in [-0.39, 0.29) is 5.75 Å². The van der Waals surface area contributed by atoms with Gasteiger partial charge in [0.05, 0.1) is 17.1 Å². The molecule has 3 nitrogen and oxygen atoms in total. The number of phenolic OH excluding ortho intramolecular Hbond substituents is 1. The number of benzene rings is 2. The molecule has 4 rings (SSSR count). The van der Waals surface area contributed by atoms with Gasteiger partial charge in [0.2, 0.25) is 0 Å². The lowest BCUT2D eigenvalue weighted by Crippen LogP contribution is -2.21. The molecule has 2 aromatic carbocycles. The highest BCUT2D eigenvalue weighted by atomic mass is 16.3. The molecule has 0 spiro atoms. The number of allylic oxidation sites excluding steroid dienone is 2. The summed E-state index contributed by atoms with van der Waals surface area (Å²) in [5, 5.41) is 17.7. The maximum absolute atomic E-state index is 9.58. The first-order valence-corrected chi connectivity index (χ1v) is 6.52. The Hall–Kier alpha value is -2.68. The van der Waals surface area contributed by atoms with Crippen LogP contribution in [0.15, 0.2) is 59.1 Å². The first-order chi connectivity index (χ1) is 9.72. The summed E-state index contributed by atoms with van der Waals surface area (Å²) in [6.45, 7) is 0. The van der Waals surface area contributed by atoms with E-state index in [0.29, 0.717) is 12.1 Å². The third kappa shape index (κ3) is 1.53. The van der Waals surface area contributed by atoms with Crippen LogP contribution >= 0.6 is 0 Å². The lowest BCUT2D eigenvalue weighted by molar-refractivity contribution is 0.474. The summed E-state index contributed by atoms with van der Waals surface area (Å²) in [6, 6.07) is 13.2. The Morgan fingerprint density at radius 1 is 1.05 bits per heavy atom. The number of fused-ring (bicyclic) bond motifs is 4. The molecule has 0 radical (unpaired) electrons. The molecular formula is C17H12N2O. The number of hydrogen-bond acceptors (Lipinski definition) is 3. The van der Waals surface area contributed by atoms with E-state index in [9.17, 15) is 5.11 Å². The summed E-state index contributed by atoms with van der Waals surface area (Å²) >= 11 is 0. The molecule has 0 atom stereocenters. The van der Waals surface area contributed by atoms with Crippen LogP contribution in [0.3, 0.4) is 0 Å². The monoisotopic (exact) mass is 260 g/mol. The second kappa shape index (κ2) is 3.90. The smallest absolute Gasteiger partial charge is 0.116 e. The van der Waals surface area contributed by atoms with E-state index in [2.05, 4.69) is 0 Å². The van der Waals surface area contributed by atoms with E-state index < -0.39 is 0 Å². The number of aromatic hydroxyl groups is 1. The summed E-state index contributed by atoms with van der Waals surface area (Å²) < 4.78 is 0. The van der Waals surface area contributed by atoms with Crippen LogP contribution in [-0.4, -0.2) is 16.5 Å². The van der Waals surface area contributed by atoms with Crippen molar-refractivity contribution in [1.29, 1.82) is 5.41 Å². The molecule has 1 heterocycles. The molecule has 0 saturated heterocycles. The van der Waals surface area contributed by atoms with Gasteiger partial charge in [-0.3, -0.25) is 0 Å².